The molecule has 1 fully saturated rings. The van der Waals surface area contributed by atoms with Crippen molar-refractivity contribution in [2.24, 2.45) is 5.92 Å². The van der Waals surface area contributed by atoms with E-state index in [-0.39, 0.29) is 13.0 Å². The normalized spacial score (nSPS) is 20.5. The monoisotopic (exact) mass is 274 g/mol. The Kier molecular flexibility index (Phi) is 3.82. The number of anilines is 2. The van der Waals surface area contributed by atoms with Gasteiger partial charge in [0.15, 0.2) is 0 Å². The van der Waals surface area contributed by atoms with Gasteiger partial charge in [-0.2, -0.15) is 18.2 Å². The minimum atomic E-state index is -4.13. The van der Waals surface area contributed by atoms with Crippen LogP contribution >= 0.6 is 0 Å². The Labute approximate surface area is 110 Å². The predicted molar refractivity (Wildman–Crippen MR) is 67.4 cm³/mol. The van der Waals surface area contributed by atoms with Gasteiger partial charge in [0.2, 0.25) is 5.95 Å². The summed E-state index contributed by atoms with van der Waals surface area (Å²) < 4.78 is 38.3. The van der Waals surface area contributed by atoms with E-state index in [1.807, 2.05) is 0 Å². The zero-order valence-corrected chi connectivity index (χ0v) is 11.0. The van der Waals surface area contributed by atoms with Crippen molar-refractivity contribution in [3.05, 3.63) is 12.3 Å². The van der Waals surface area contributed by atoms with Crippen molar-refractivity contribution >= 4 is 11.8 Å². The minimum absolute atomic E-state index is 0.0205. The van der Waals surface area contributed by atoms with Gasteiger partial charge in [-0.15, -0.1) is 0 Å². The van der Waals surface area contributed by atoms with E-state index in [1.165, 1.54) is 0 Å². The molecule has 7 heteroatoms. The molecule has 1 saturated heterocycles. The van der Waals surface area contributed by atoms with Gasteiger partial charge in [0, 0.05) is 33.4 Å². The van der Waals surface area contributed by atoms with Gasteiger partial charge in [0.25, 0.3) is 0 Å². The molecule has 1 aliphatic rings. The van der Waals surface area contributed by atoms with Gasteiger partial charge < -0.3 is 9.80 Å². The lowest BCUT2D eigenvalue weighted by atomic mass is 9.97. The van der Waals surface area contributed by atoms with E-state index in [9.17, 15) is 13.2 Å². The van der Waals surface area contributed by atoms with Crippen LogP contribution in [0.1, 0.15) is 12.8 Å². The van der Waals surface area contributed by atoms with E-state index in [2.05, 4.69) is 9.97 Å². The van der Waals surface area contributed by atoms with Crippen LogP contribution in [0.3, 0.4) is 0 Å². The Morgan fingerprint density at radius 2 is 2.11 bits per heavy atom. The van der Waals surface area contributed by atoms with Crippen LogP contribution in [0.2, 0.25) is 0 Å². The fraction of sp³-hybridized carbons (Fsp3) is 0.667. The highest BCUT2D eigenvalue weighted by Gasteiger charge is 2.42. The lowest BCUT2D eigenvalue weighted by Crippen LogP contribution is -2.42. The highest BCUT2D eigenvalue weighted by atomic mass is 19.4. The van der Waals surface area contributed by atoms with Crippen LogP contribution < -0.4 is 9.80 Å². The Bertz CT molecular complexity index is 433. The summed E-state index contributed by atoms with van der Waals surface area (Å²) in [5.41, 5.74) is 0. The van der Waals surface area contributed by atoms with Crippen LogP contribution in [0.25, 0.3) is 0 Å². The molecule has 1 atom stereocenters. The summed E-state index contributed by atoms with van der Waals surface area (Å²) in [5, 5.41) is 0. The van der Waals surface area contributed by atoms with Gasteiger partial charge in [-0.1, -0.05) is 0 Å². The second kappa shape index (κ2) is 5.22. The summed E-state index contributed by atoms with van der Waals surface area (Å²) in [5.74, 6) is -0.196. The number of rotatable bonds is 2. The molecule has 0 amide bonds. The summed E-state index contributed by atoms with van der Waals surface area (Å²) >= 11 is 0. The van der Waals surface area contributed by atoms with E-state index >= 15 is 0 Å². The fourth-order valence-corrected chi connectivity index (χ4v) is 2.18. The van der Waals surface area contributed by atoms with Gasteiger partial charge in [-0.05, 0) is 18.9 Å². The van der Waals surface area contributed by atoms with E-state index in [0.29, 0.717) is 24.7 Å². The summed E-state index contributed by atoms with van der Waals surface area (Å²) in [7, 11) is 3.60. The number of hydrogen-bond acceptors (Lipinski definition) is 4. The largest absolute Gasteiger partial charge is 0.393 e. The Morgan fingerprint density at radius 1 is 1.37 bits per heavy atom. The van der Waals surface area contributed by atoms with Crippen molar-refractivity contribution in [1.29, 1.82) is 0 Å². The molecule has 0 aliphatic carbocycles. The highest BCUT2D eigenvalue weighted by Crippen LogP contribution is 2.34. The van der Waals surface area contributed by atoms with Gasteiger partial charge in [0.05, 0.1) is 5.92 Å². The van der Waals surface area contributed by atoms with Crippen LogP contribution in [0, 0.1) is 5.92 Å². The lowest BCUT2D eigenvalue weighted by Gasteiger charge is -2.34. The van der Waals surface area contributed by atoms with Crippen molar-refractivity contribution in [1.82, 2.24) is 9.97 Å². The first-order valence-electron chi connectivity index (χ1n) is 6.20. The number of nitrogens with zero attached hydrogens (tertiary/aromatic N) is 4. The molecular formula is C12H17F3N4. The van der Waals surface area contributed by atoms with Crippen LogP contribution in [-0.2, 0) is 0 Å². The topological polar surface area (TPSA) is 32.3 Å². The third kappa shape index (κ3) is 3.27. The molecule has 1 aliphatic heterocycles. The first kappa shape index (κ1) is 13.9. The first-order chi connectivity index (χ1) is 8.88. The van der Waals surface area contributed by atoms with Gasteiger partial charge in [-0.3, -0.25) is 0 Å². The standard InChI is InChI=1S/C12H17F3N4/c1-18(2)11-16-6-5-10(17-11)19-7-3-4-9(8-19)12(13,14)15/h5-6,9H,3-4,7-8H2,1-2H3/t9-/m0/s1. The van der Waals surface area contributed by atoms with Crippen LogP contribution in [0.15, 0.2) is 12.3 Å². The molecule has 1 aromatic rings. The van der Waals surface area contributed by atoms with Crippen LogP contribution in [-0.4, -0.2) is 43.3 Å². The number of halogens is 3. The maximum absolute atomic E-state index is 12.8. The average Bonchev–Trinajstić information content (AvgIpc) is 2.38. The Balaban J connectivity index is 2.15. The summed E-state index contributed by atoms with van der Waals surface area (Å²) in [6, 6.07) is 1.66. The van der Waals surface area contributed by atoms with E-state index < -0.39 is 12.1 Å². The molecule has 0 saturated carbocycles. The molecule has 0 unspecified atom stereocenters. The lowest BCUT2D eigenvalue weighted by molar-refractivity contribution is -0.176. The van der Waals surface area contributed by atoms with Crippen molar-refractivity contribution in [2.45, 2.75) is 19.0 Å². The number of piperidine rings is 1. The second-order valence-corrected chi connectivity index (χ2v) is 4.94. The van der Waals surface area contributed by atoms with Crippen LogP contribution in [0.4, 0.5) is 24.9 Å². The first-order valence-corrected chi connectivity index (χ1v) is 6.20. The second-order valence-electron chi connectivity index (χ2n) is 4.94. The fourth-order valence-electron chi connectivity index (χ4n) is 2.18. The molecule has 0 aromatic carbocycles. The molecule has 2 heterocycles. The zero-order chi connectivity index (χ0) is 14.0. The molecular weight excluding hydrogens is 257 g/mol. The number of hydrogen-bond donors (Lipinski definition) is 0. The van der Waals surface area contributed by atoms with Crippen molar-refractivity contribution in [3.63, 3.8) is 0 Å². The van der Waals surface area contributed by atoms with Crippen molar-refractivity contribution in [3.8, 4) is 0 Å². The predicted octanol–water partition coefficient (Wildman–Crippen LogP) is 2.32. The van der Waals surface area contributed by atoms with Crippen molar-refractivity contribution in [2.75, 3.05) is 37.0 Å². The molecule has 19 heavy (non-hydrogen) atoms. The summed E-state index contributed by atoms with van der Waals surface area (Å²) in [6.45, 7) is 0.587. The maximum atomic E-state index is 12.8. The SMILES string of the molecule is CN(C)c1nccc(N2CCC[C@H](C(F)(F)F)C2)n1. The van der Waals surface area contributed by atoms with Gasteiger partial charge in [0.1, 0.15) is 5.82 Å². The third-order valence-electron chi connectivity index (χ3n) is 3.24. The maximum Gasteiger partial charge on any atom is 0.393 e. The molecule has 1 aromatic heterocycles. The zero-order valence-electron chi connectivity index (χ0n) is 11.0. The summed E-state index contributed by atoms with van der Waals surface area (Å²) in [6.07, 6.45) is -1.82. The highest BCUT2D eigenvalue weighted by molar-refractivity contribution is 5.43. The Morgan fingerprint density at radius 3 is 2.74 bits per heavy atom. The molecule has 106 valence electrons. The number of alkyl halides is 3. The molecule has 2 rings (SSSR count). The molecule has 0 radical (unpaired) electrons. The molecule has 0 N–H and O–H groups in total. The van der Waals surface area contributed by atoms with Crippen molar-refractivity contribution < 1.29 is 13.2 Å². The summed E-state index contributed by atoms with van der Waals surface area (Å²) in [4.78, 5) is 11.8. The molecule has 0 bridgehead atoms. The van der Waals surface area contributed by atoms with E-state index in [0.717, 1.165) is 0 Å². The van der Waals surface area contributed by atoms with E-state index in [4.69, 9.17) is 0 Å². The van der Waals surface area contributed by atoms with Gasteiger partial charge >= 0.3 is 6.18 Å². The smallest absolute Gasteiger partial charge is 0.356 e. The van der Waals surface area contributed by atoms with Crippen LogP contribution in [0.5, 0.6) is 0 Å². The molecule has 0 spiro atoms. The minimum Gasteiger partial charge on any atom is -0.356 e. The third-order valence-corrected chi connectivity index (χ3v) is 3.24. The average molecular weight is 274 g/mol. The molecule has 4 nitrogen and oxygen atoms in total. The quantitative estimate of drug-likeness (QED) is 0.828. The Hall–Kier alpha value is -1.53. The van der Waals surface area contributed by atoms with Gasteiger partial charge in [-0.25, -0.2) is 4.98 Å². The number of aromatic nitrogens is 2. The van der Waals surface area contributed by atoms with E-state index in [1.54, 1.807) is 36.2 Å².